The highest BCUT2D eigenvalue weighted by Crippen LogP contribution is 2.25. The number of halogens is 3. The van der Waals surface area contributed by atoms with Gasteiger partial charge in [-0.3, -0.25) is 4.79 Å². The van der Waals surface area contributed by atoms with E-state index in [0.29, 0.717) is 21.5 Å². The quantitative estimate of drug-likeness (QED) is 0.927. The predicted octanol–water partition coefficient (Wildman–Crippen LogP) is 3.10. The molecular weight excluding hydrogens is 307 g/mol. The van der Waals surface area contributed by atoms with Crippen LogP contribution in [0.4, 0.5) is 0 Å². The number of nitrogens with one attached hydrogen (secondary N) is 1. The van der Waals surface area contributed by atoms with Gasteiger partial charge in [0, 0.05) is 18.1 Å². The third-order valence-electron chi connectivity index (χ3n) is 3.22. The Morgan fingerprint density at radius 3 is 2.89 bits per heavy atom. The van der Waals surface area contributed by atoms with Crippen molar-refractivity contribution in [2.24, 2.45) is 5.92 Å². The molecule has 106 valence electrons. The number of benzene rings is 1. The van der Waals surface area contributed by atoms with Gasteiger partial charge in [0.25, 0.3) is 5.91 Å². The van der Waals surface area contributed by atoms with Crippen LogP contribution in [-0.4, -0.2) is 37.5 Å². The van der Waals surface area contributed by atoms with Gasteiger partial charge in [0.1, 0.15) is 0 Å². The Morgan fingerprint density at radius 1 is 1.47 bits per heavy atom. The van der Waals surface area contributed by atoms with Crippen molar-refractivity contribution in [3.05, 3.63) is 33.8 Å². The Kier molecular flexibility index (Phi) is 6.40. The smallest absolute Gasteiger partial charge is 0.255 e. The first-order valence-electron chi connectivity index (χ1n) is 6.00. The molecule has 0 bridgehead atoms. The topological polar surface area (TPSA) is 32.3 Å². The molecule has 1 aromatic carbocycles. The van der Waals surface area contributed by atoms with Crippen molar-refractivity contribution in [2.75, 3.05) is 26.7 Å². The number of rotatable bonds is 3. The summed E-state index contributed by atoms with van der Waals surface area (Å²) in [6, 6.07) is 4.99. The monoisotopic (exact) mass is 322 g/mol. The van der Waals surface area contributed by atoms with Gasteiger partial charge in [-0.25, -0.2) is 0 Å². The zero-order chi connectivity index (χ0) is 13.1. The number of carbonyl (C=O) groups excluding carboxylic acids is 1. The molecule has 3 nitrogen and oxygen atoms in total. The van der Waals surface area contributed by atoms with E-state index in [4.69, 9.17) is 23.2 Å². The maximum absolute atomic E-state index is 12.3. The second kappa shape index (κ2) is 7.34. The van der Waals surface area contributed by atoms with Crippen LogP contribution in [0.5, 0.6) is 0 Å². The Morgan fingerprint density at radius 2 is 2.21 bits per heavy atom. The fourth-order valence-electron chi connectivity index (χ4n) is 2.30. The summed E-state index contributed by atoms with van der Waals surface area (Å²) in [5, 5.41) is 4.14. The highest BCUT2D eigenvalue weighted by molar-refractivity contribution is 6.35. The van der Waals surface area contributed by atoms with Crippen LogP contribution in [0, 0.1) is 5.92 Å². The largest absolute Gasteiger partial charge is 0.338 e. The number of hydrogen-bond donors (Lipinski definition) is 1. The maximum atomic E-state index is 12.3. The van der Waals surface area contributed by atoms with Crippen LogP contribution in [0.1, 0.15) is 16.8 Å². The highest BCUT2D eigenvalue weighted by Gasteiger charge is 2.27. The molecule has 1 fully saturated rings. The summed E-state index contributed by atoms with van der Waals surface area (Å²) >= 11 is 12.0. The lowest BCUT2D eigenvalue weighted by Crippen LogP contribution is -2.30. The molecule has 1 amide bonds. The summed E-state index contributed by atoms with van der Waals surface area (Å²) in [6.45, 7) is 2.50. The van der Waals surface area contributed by atoms with E-state index in [9.17, 15) is 4.79 Å². The number of amides is 1. The maximum Gasteiger partial charge on any atom is 0.255 e. The fraction of sp³-hybridized carbons (Fsp3) is 0.462. The number of hydrogen-bond acceptors (Lipinski definition) is 2. The van der Waals surface area contributed by atoms with Gasteiger partial charge in [-0.05, 0) is 44.1 Å². The minimum atomic E-state index is -0.0268. The molecule has 1 aromatic rings. The van der Waals surface area contributed by atoms with Crippen LogP contribution in [-0.2, 0) is 0 Å². The Balaban J connectivity index is 0.00000180. The van der Waals surface area contributed by atoms with E-state index >= 15 is 0 Å². The lowest BCUT2D eigenvalue weighted by Gasteiger charge is -2.17. The Labute approximate surface area is 129 Å². The summed E-state index contributed by atoms with van der Waals surface area (Å²) in [5.41, 5.74) is 0.495. The normalized spacial score (nSPS) is 18.3. The average Bonchev–Trinajstić information content (AvgIpc) is 2.80. The summed E-state index contributed by atoms with van der Waals surface area (Å²) in [7, 11) is 1.93. The van der Waals surface area contributed by atoms with Crippen LogP contribution >= 0.6 is 35.6 Å². The number of nitrogens with zero attached hydrogens (tertiary/aromatic N) is 1. The van der Waals surface area contributed by atoms with Crippen LogP contribution in [0.2, 0.25) is 10.0 Å². The molecule has 1 aliphatic heterocycles. The van der Waals surface area contributed by atoms with Gasteiger partial charge in [0.05, 0.1) is 10.6 Å². The first kappa shape index (κ1) is 16.6. The highest BCUT2D eigenvalue weighted by atomic mass is 35.5. The van der Waals surface area contributed by atoms with Crippen molar-refractivity contribution < 1.29 is 4.79 Å². The van der Waals surface area contributed by atoms with Crippen molar-refractivity contribution in [3.63, 3.8) is 0 Å². The first-order chi connectivity index (χ1) is 8.61. The van der Waals surface area contributed by atoms with E-state index in [0.717, 1.165) is 26.1 Å². The van der Waals surface area contributed by atoms with Crippen LogP contribution in [0.3, 0.4) is 0 Å². The molecule has 1 aliphatic rings. The van der Waals surface area contributed by atoms with Crippen molar-refractivity contribution >= 4 is 41.5 Å². The molecule has 1 unspecified atom stereocenters. The van der Waals surface area contributed by atoms with Crippen molar-refractivity contribution in [3.8, 4) is 0 Å². The van der Waals surface area contributed by atoms with E-state index in [1.54, 1.807) is 18.2 Å². The summed E-state index contributed by atoms with van der Waals surface area (Å²) in [5.74, 6) is 0.498. The predicted molar refractivity (Wildman–Crippen MR) is 81.6 cm³/mol. The van der Waals surface area contributed by atoms with Gasteiger partial charge in [-0.1, -0.05) is 23.2 Å². The molecule has 1 atom stereocenters. The van der Waals surface area contributed by atoms with Gasteiger partial charge < -0.3 is 10.2 Å². The second-order valence-corrected chi connectivity index (χ2v) is 5.43. The van der Waals surface area contributed by atoms with E-state index in [1.165, 1.54) is 0 Å². The minimum absolute atomic E-state index is 0. The molecule has 1 N–H and O–H groups in total. The van der Waals surface area contributed by atoms with Crippen LogP contribution in [0.15, 0.2) is 18.2 Å². The first-order valence-corrected chi connectivity index (χ1v) is 6.76. The van der Waals surface area contributed by atoms with Crippen molar-refractivity contribution in [1.29, 1.82) is 0 Å². The molecule has 0 aliphatic carbocycles. The number of likely N-dealkylation sites (tertiary alicyclic amines) is 1. The molecule has 0 spiro atoms. The SMILES string of the molecule is CNCC1CCN(C(=O)c2cc(Cl)ccc2Cl)C1.Cl. The Hall–Kier alpha value is -0.480. The fourth-order valence-corrected chi connectivity index (χ4v) is 2.67. The summed E-state index contributed by atoms with van der Waals surface area (Å²) in [4.78, 5) is 14.2. The molecule has 19 heavy (non-hydrogen) atoms. The third-order valence-corrected chi connectivity index (χ3v) is 3.79. The van der Waals surface area contributed by atoms with Gasteiger partial charge in [0.2, 0.25) is 0 Å². The molecule has 0 radical (unpaired) electrons. The molecular formula is C13H17Cl3N2O. The molecule has 1 saturated heterocycles. The zero-order valence-electron chi connectivity index (χ0n) is 10.7. The summed E-state index contributed by atoms with van der Waals surface area (Å²) < 4.78 is 0. The zero-order valence-corrected chi connectivity index (χ0v) is 13.0. The Bertz CT molecular complexity index is 454. The standard InChI is InChI=1S/C13H16Cl2N2O.ClH/c1-16-7-9-4-5-17(8-9)13(18)11-6-10(14)2-3-12(11)15;/h2-3,6,9,16H,4-5,7-8H2,1H3;1H. The van der Waals surface area contributed by atoms with Gasteiger partial charge >= 0.3 is 0 Å². The average molecular weight is 324 g/mol. The van der Waals surface area contributed by atoms with E-state index in [1.807, 2.05) is 11.9 Å². The molecule has 1 heterocycles. The minimum Gasteiger partial charge on any atom is -0.338 e. The van der Waals surface area contributed by atoms with Crippen molar-refractivity contribution in [2.45, 2.75) is 6.42 Å². The molecule has 2 rings (SSSR count). The summed E-state index contributed by atoms with van der Waals surface area (Å²) in [6.07, 6.45) is 1.03. The van der Waals surface area contributed by atoms with Gasteiger partial charge in [-0.15, -0.1) is 12.4 Å². The number of carbonyl (C=O) groups is 1. The molecule has 0 aromatic heterocycles. The van der Waals surface area contributed by atoms with Crippen molar-refractivity contribution in [1.82, 2.24) is 10.2 Å². The van der Waals surface area contributed by atoms with E-state index in [2.05, 4.69) is 5.32 Å². The van der Waals surface area contributed by atoms with Gasteiger partial charge in [0.15, 0.2) is 0 Å². The van der Waals surface area contributed by atoms with Crippen LogP contribution < -0.4 is 5.32 Å². The molecule has 0 saturated carbocycles. The van der Waals surface area contributed by atoms with E-state index in [-0.39, 0.29) is 18.3 Å². The lowest BCUT2D eigenvalue weighted by molar-refractivity contribution is 0.0787. The third kappa shape index (κ3) is 3.99. The van der Waals surface area contributed by atoms with E-state index < -0.39 is 0 Å². The van der Waals surface area contributed by atoms with Crippen LogP contribution in [0.25, 0.3) is 0 Å². The second-order valence-electron chi connectivity index (χ2n) is 4.59. The lowest BCUT2D eigenvalue weighted by atomic mass is 10.1. The molecule has 6 heteroatoms. The van der Waals surface area contributed by atoms with Gasteiger partial charge in [-0.2, -0.15) is 0 Å².